The van der Waals surface area contributed by atoms with Gasteiger partial charge in [-0.1, -0.05) is 25.1 Å². The molecule has 0 radical (unpaired) electrons. The van der Waals surface area contributed by atoms with E-state index in [0.29, 0.717) is 0 Å². The topological polar surface area (TPSA) is 24.1 Å². The third-order valence-electron chi connectivity index (χ3n) is 2.18. The van der Waals surface area contributed by atoms with Crippen LogP contribution >= 0.6 is 0 Å². The van der Waals surface area contributed by atoms with E-state index in [4.69, 9.17) is 0 Å². The normalized spacial score (nSPS) is 10.1. The molecule has 72 valence electrons. The number of aryl methyl sites for hydroxylation is 2. The molecule has 0 aliphatic carbocycles. The fourth-order valence-corrected chi connectivity index (χ4v) is 1.45. The predicted molar refractivity (Wildman–Crippen MR) is 58.1 cm³/mol. The Balaban J connectivity index is 2.87. The van der Waals surface area contributed by atoms with Gasteiger partial charge < -0.3 is 10.6 Å². The van der Waals surface area contributed by atoms with Crippen molar-refractivity contribution in [1.29, 1.82) is 0 Å². The first-order valence-electron chi connectivity index (χ1n) is 4.76. The van der Waals surface area contributed by atoms with Crippen LogP contribution in [0.25, 0.3) is 0 Å². The van der Waals surface area contributed by atoms with Crippen molar-refractivity contribution in [3.63, 3.8) is 0 Å². The van der Waals surface area contributed by atoms with Crippen molar-refractivity contribution in [1.82, 2.24) is 5.32 Å². The van der Waals surface area contributed by atoms with Gasteiger partial charge in [-0.25, -0.2) is 0 Å². The molecule has 0 aromatic heterocycles. The lowest BCUT2D eigenvalue weighted by atomic mass is 10.1. The monoisotopic (exact) mass is 178 g/mol. The Morgan fingerprint density at radius 1 is 1.31 bits per heavy atom. The third-order valence-corrected chi connectivity index (χ3v) is 2.18. The Morgan fingerprint density at radius 3 is 2.69 bits per heavy atom. The van der Waals surface area contributed by atoms with Gasteiger partial charge in [-0.05, 0) is 31.5 Å². The summed E-state index contributed by atoms with van der Waals surface area (Å²) in [6.07, 6.45) is 1.08. The summed E-state index contributed by atoms with van der Waals surface area (Å²) in [5.41, 5.74) is 3.98. The summed E-state index contributed by atoms with van der Waals surface area (Å²) in [6.45, 7) is 5.13. The first kappa shape index (κ1) is 10.1. The zero-order valence-electron chi connectivity index (χ0n) is 8.65. The van der Waals surface area contributed by atoms with Crippen LogP contribution in [-0.4, -0.2) is 13.7 Å². The van der Waals surface area contributed by atoms with Gasteiger partial charge in [0.15, 0.2) is 0 Å². The molecule has 2 heteroatoms. The third kappa shape index (κ3) is 2.46. The van der Waals surface area contributed by atoms with Crippen molar-refractivity contribution in [2.75, 3.05) is 19.0 Å². The number of anilines is 1. The minimum atomic E-state index is 0.817. The van der Waals surface area contributed by atoms with E-state index in [1.807, 2.05) is 7.05 Å². The smallest absolute Gasteiger partial charge is 0.0650 e. The largest absolute Gasteiger partial charge is 0.372 e. The standard InChI is InChI=1S/C11H18N2/c1-4-10-7-5-6-9(2)11(10)13-8-12-3/h5-7,12-13H,4,8H2,1-3H3. The van der Waals surface area contributed by atoms with Crippen LogP contribution in [-0.2, 0) is 6.42 Å². The number of benzene rings is 1. The minimum absolute atomic E-state index is 0.817. The Bertz CT molecular complexity index is 269. The van der Waals surface area contributed by atoms with Crippen LogP contribution in [0.5, 0.6) is 0 Å². The number of para-hydroxylation sites is 1. The average molecular weight is 178 g/mol. The molecule has 0 fully saturated rings. The molecule has 0 bridgehead atoms. The first-order valence-corrected chi connectivity index (χ1v) is 4.76. The van der Waals surface area contributed by atoms with Gasteiger partial charge in [-0.3, -0.25) is 0 Å². The van der Waals surface area contributed by atoms with Crippen LogP contribution in [0.15, 0.2) is 18.2 Å². The molecule has 1 rings (SSSR count). The molecule has 0 unspecified atom stereocenters. The summed E-state index contributed by atoms with van der Waals surface area (Å²) in [4.78, 5) is 0. The van der Waals surface area contributed by atoms with Crippen molar-refractivity contribution >= 4 is 5.69 Å². The molecule has 0 heterocycles. The maximum atomic E-state index is 3.37. The highest BCUT2D eigenvalue weighted by Crippen LogP contribution is 2.20. The Labute approximate surface area is 80.4 Å². The van der Waals surface area contributed by atoms with Gasteiger partial charge in [0.05, 0.1) is 6.67 Å². The maximum absolute atomic E-state index is 3.37. The lowest BCUT2D eigenvalue weighted by molar-refractivity contribution is 0.870. The molecule has 2 N–H and O–H groups in total. The van der Waals surface area contributed by atoms with E-state index >= 15 is 0 Å². The Hall–Kier alpha value is -1.02. The molecule has 0 aliphatic heterocycles. The predicted octanol–water partition coefficient (Wildman–Crippen LogP) is 2.15. The van der Waals surface area contributed by atoms with Crippen LogP contribution < -0.4 is 10.6 Å². The van der Waals surface area contributed by atoms with Gasteiger partial charge in [0, 0.05) is 5.69 Å². The van der Waals surface area contributed by atoms with E-state index in [1.165, 1.54) is 16.8 Å². The summed E-state index contributed by atoms with van der Waals surface area (Å²) in [5.74, 6) is 0. The summed E-state index contributed by atoms with van der Waals surface area (Å²) < 4.78 is 0. The van der Waals surface area contributed by atoms with Gasteiger partial charge in [0.25, 0.3) is 0 Å². The Kier molecular flexibility index (Phi) is 3.77. The van der Waals surface area contributed by atoms with Crippen LogP contribution in [0, 0.1) is 6.92 Å². The average Bonchev–Trinajstić information content (AvgIpc) is 2.15. The number of rotatable bonds is 4. The lowest BCUT2D eigenvalue weighted by Gasteiger charge is -2.13. The van der Waals surface area contributed by atoms with Gasteiger partial charge in [0.1, 0.15) is 0 Å². The maximum Gasteiger partial charge on any atom is 0.0650 e. The molecule has 0 saturated carbocycles. The van der Waals surface area contributed by atoms with Crippen LogP contribution in [0.2, 0.25) is 0 Å². The highest BCUT2D eigenvalue weighted by atomic mass is 15.0. The quantitative estimate of drug-likeness (QED) is 0.690. The van der Waals surface area contributed by atoms with Gasteiger partial charge in [0.2, 0.25) is 0 Å². The van der Waals surface area contributed by atoms with Gasteiger partial charge in [-0.2, -0.15) is 0 Å². The highest BCUT2D eigenvalue weighted by molar-refractivity contribution is 5.57. The van der Waals surface area contributed by atoms with E-state index in [1.54, 1.807) is 0 Å². The first-order chi connectivity index (χ1) is 6.29. The van der Waals surface area contributed by atoms with Crippen LogP contribution in [0.3, 0.4) is 0 Å². The molecule has 2 nitrogen and oxygen atoms in total. The molecule has 0 spiro atoms. The SMILES string of the molecule is CCc1cccc(C)c1NCNC. The van der Waals surface area contributed by atoms with E-state index in [0.717, 1.165) is 13.1 Å². The van der Waals surface area contributed by atoms with Crippen LogP contribution in [0.4, 0.5) is 5.69 Å². The second kappa shape index (κ2) is 4.87. The van der Waals surface area contributed by atoms with E-state index in [2.05, 4.69) is 42.7 Å². The van der Waals surface area contributed by atoms with Crippen molar-refractivity contribution in [3.8, 4) is 0 Å². The summed E-state index contributed by atoms with van der Waals surface area (Å²) in [7, 11) is 1.94. The zero-order chi connectivity index (χ0) is 9.68. The van der Waals surface area contributed by atoms with E-state index in [9.17, 15) is 0 Å². The number of hydrogen-bond acceptors (Lipinski definition) is 2. The summed E-state index contributed by atoms with van der Waals surface area (Å²) >= 11 is 0. The van der Waals surface area contributed by atoms with E-state index in [-0.39, 0.29) is 0 Å². The highest BCUT2D eigenvalue weighted by Gasteiger charge is 2.01. The van der Waals surface area contributed by atoms with Gasteiger partial charge in [-0.15, -0.1) is 0 Å². The number of hydrogen-bond donors (Lipinski definition) is 2. The zero-order valence-corrected chi connectivity index (χ0v) is 8.65. The van der Waals surface area contributed by atoms with Crippen LogP contribution in [0.1, 0.15) is 18.1 Å². The molecular weight excluding hydrogens is 160 g/mol. The molecule has 1 aromatic rings. The summed E-state index contributed by atoms with van der Waals surface area (Å²) in [5, 5.41) is 6.45. The number of nitrogens with one attached hydrogen (secondary N) is 2. The molecule has 13 heavy (non-hydrogen) atoms. The second-order valence-electron chi connectivity index (χ2n) is 3.17. The van der Waals surface area contributed by atoms with Crippen molar-refractivity contribution in [3.05, 3.63) is 29.3 Å². The fraction of sp³-hybridized carbons (Fsp3) is 0.455. The van der Waals surface area contributed by atoms with Crippen molar-refractivity contribution in [2.24, 2.45) is 0 Å². The van der Waals surface area contributed by atoms with E-state index < -0.39 is 0 Å². The molecule has 0 aliphatic rings. The summed E-state index contributed by atoms with van der Waals surface area (Å²) in [6, 6.07) is 6.42. The van der Waals surface area contributed by atoms with Gasteiger partial charge >= 0.3 is 0 Å². The second-order valence-corrected chi connectivity index (χ2v) is 3.17. The molecule has 0 amide bonds. The van der Waals surface area contributed by atoms with Crippen molar-refractivity contribution in [2.45, 2.75) is 20.3 Å². The molecule has 0 atom stereocenters. The lowest BCUT2D eigenvalue weighted by Crippen LogP contribution is -2.18. The minimum Gasteiger partial charge on any atom is -0.372 e. The fourth-order valence-electron chi connectivity index (χ4n) is 1.45. The Morgan fingerprint density at radius 2 is 2.08 bits per heavy atom. The molecule has 0 saturated heterocycles. The van der Waals surface area contributed by atoms with Crippen molar-refractivity contribution < 1.29 is 0 Å². The molecule has 1 aromatic carbocycles. The molecular formula is C11H18N2.